The van der Waals surface area contributed by atoms with Crippen molar-refractivity contribution in [3.8, 4) is 0 Å². The van der Waals surface area contributed by atoms with Crippen molar-refractivity contribution in [2.45, 2.75) is 19.4 Å². The zero-order chi connectivity index (χ0) is 14.7. The summed E-state index contributed by atoms with van der Waals surface area (Å²) >= 11 is 5.84. The standard InChI is InChI=1S/C13H12ClF2N3O/c1-2-10(8-5-7(15)3-4-9(8)16)18-11-6-17-19-13(20)12(11)14/h3-6,10H,2H2,1H3,(H2,18,19,20). The van der Waals surface area contributed by atoms with E-state index in [0.29, 0.717) is 6.42 Å². The molecule has 0 aliphatic rings. The first-order chi connectivity index (χ1) is 9.52. The van der Waals surface area contributed by atoms with E-state index in [-0.39, 0.29) is 16.3 Å². The number of nitrogens with one attached hydrogen (secondary N) is 2. The molecule has 1 atom stereocenters. The first-order valence-electron chi connectivity index (χ1n) is 5.97. The van der Waals surface area contributed by atoms with Crippen molar-refractivity contribution in [3.63, 3.8) is 0 Å². The number of hydrogen-bond donors (Lipinski definition) is 2. The van der Waals surface area contributed by atoms with Crippen molar-refractivity contribution < 1.29 is 8.78 Å². The molecular formula is C13H12ClF2N3O. The molecule has 0 radical (unpaired) electrons. The number of halogens is 3. The van der Waals surface area contributed by atoms with Crippen LogP contribution in [0.1, 0.15) is 24.9 Å². The summed E-state index contributed by atoms with van der Waals surface area (Å²) in [4.78, 5) is 11.3. The first kappa shape index (κ1) is 14.5. The van der Waals surface area contributed by atoms with Gasteiger partial charge in [-0.3, -0.25) is 4.79 Å². The van der Waals surface area contributed by atoms with Crippen LogP contribution in [0.2, 0.25) is 5.02 Å². The fourth-order valence-corrected chi connectivity index (χ4v) is 2.00. The molecule has 7 heteroatoms. The number of rotatable bonds is 4. The van der Waals surface area contributed by atoms with E-state index in [1.165, 1.54) is 6.20 Å². The predicted octanol–water partition coefficient (Wildman–Crippen LogP) is 3.26. The zero-order valence-corrected chi connectivity index (χ0v) is 11.3. The van der Waals surface area contributed by atoms with Crippen molar-refractivity contribution in [2.75, 3.05) is 5.32 Å². The number of H-pyrrole nitrogens is 1. The minimum absolute atomic E-state index is 0.0738. The average Bonchev–Trinajstić information content (AvgIpc) is 2.43. The Labute approximate surface area is 118 Å². The third-order valence-electron chi connectivity index (χ3n) is 2.87. The second-order valence-electron chi connectivity index (χ2n) is 4.20. The molecule has 4 nitrogen and oxygen atoms in total. The van der Waals surface area contributed by atoms with Crippen LogP contribution in [0.25, 0.3) is 0 Å². The van der Waals surface area contributed by atoms with E-state index in [9.17, 15) is 13.6 Å². The van der Waals surface area contributed by atoms with Gasteiger partial charge in [-0.25, -0.2) is 13.9 Å². The van der Waals surface area contributed by atoms with Gasteiger partial charge < -0.3 is 5.32 Å². The SMILES string of the molecule is CCC(Nc1cn[nH]c(=O)c1Cl)c1cc(F)ccc1F. The molecule has 0 aliphatic carbocycles. The number of aromatic amines is 1. The topological polar surface area (TPSA) is 57.8 Å². The Bertz CT molecular complexity index is 675. The fraction of sp³-hybridized carbons (Fsp3) is 0.231. The highest BCUT2D eigenvalue weighted by atomic mass is 35.5. The van der Waals surface area contributed by atoms with Crippen molar-refractivity contribution >= 4 is 17.3 Å². The van der Waals surface area contributed by atoms with Crippen molar-refractivity contribution in [1.82, 2.24) is 10.2 Å². The second kappa shape index (κ2) is 6.00. The Morgan fingerprint density at radius 3 is 2.90 bits per heavy atom. The van der Waals surface area contributed by atoms with Gasteiger partial charge in [-0.2, -0.15) is 5.10 Å². The maximum atomic E-state index is 13.8. The Kier molecular flexibility index (Phi) is 4.34. The third-order valence-corrected chi connectivity index (χ3v) is 3.24. The van der Waals surface area contributed by atoms with Gasteiger partial charge >= 0.3 is 0 Å². The molecular weight excluding hydrogens is 288 g/mol. The van der Waals surface area contributed by atoms with Gasteiger partial charge in [-0.15, -0.1) is 0 Å². The van der Waals surface area contributed by atoms with Gasteiger partial charge in [0.1, 0.15) is 16.7 Å². The van der Waals surface area contributed by atoms with E-state index in [2.05, 4.69) is 15.5 Å². The molecule has 1 unspecified atom stereocenters. The molecule has 0 saturated carbocycles. The summed E-state index contributed by atoms with van der Waals surface area (Å²) < 4.78 is 27.0. The molecule has 1 heterocycles. The van der Waals surface area contributed by atoms with Gasteiger partial charge in [0.05, 0.1) is 17.9 Å². The average molecular weight is 300 g/mol. The summed E-state index contributed by atoms with van der Waals surface area (Å²) in [6.45, 7) is 1.80. The summed E-state index contributed by atoms with van der Waals surface area (Å²) in [6, 6.07) is 2.71. The Morgan fingerprint density at radius 1 is 1.45 bits per heavy atom. The van der Waals surface area contributed by atoms with Gasteiger partial charge in [-0.05, 0) is 24.6 Å². The van der Waals surface area contributed by atoms with E-state index < -0.39 is 23.2 Å². The molecule has 0 spiro atoms. The summed E-state index contributed by atoms with van der Waals surface area (Å²) in [6.07, 6.45) is 1.80. The molecule has 0 aliphatic heterocycles. The maximum absolute atomic E-state index is 13.8. The van der Waals surface area contributed by atoms with Crippen molar-refractivity contribution in [2.24, 2.45) is 0 Å². The summed E-state index contributed by atoms with van der Waals surface area (Å²) in [7, 11) is 0. The number of aromatic nitrogens is 2. The molecule has 2 aromatic rings. The molecule has 106 valence electrons. The van der Waals surface area contributed by atoms with Crippen LogP contribution < -0.4 is 10.9 Å². The summed E-state index contributed by atoms with van der Waals surface area (Å²) in [5.74, 6) is -1.06. The summed E-state index contributed by atoms with van der Waals surface area (Å²) in [5.41, 5.74) is -0.110. The Hall–Kier alpha value is -1.95. The smallest absolute Gasteiger partial charge is 0.285 e. The molecule has 0 fully saturated rings. The first-order valence-corrected chi connectivity index (χ1v) is 6.35. The minimum Gasteiger partial charge on any atom is -0.375 e. The highest BCUT2D eigenvalue weighted by molar-refractivity contribution is 6.32. The quantitative estimate of drug-likeness (QED) is 0.911. The van der Waals surface area contributed by atoms with Crippen LogP contribution in [0.3, 0.4) is 0 Å². The maximum Gasteiger partial charge on any atom is 0.285 e. The van der Waals surface area contributed by atoms with Crippen LogP contribution in [0, 0.1) is 11.6 Å². The van der Waals surface area contributed by atoms with E-state index in [1.54, 1.807) is 6.92 Å². The van der Waals surface area contributed by atoms with Crippen LogP contribution >= 0.6 is 11.6 Å². The van der Waals surface area contributed by atoms with Gasteiger partial charge in [0.2, 0.25) is 0 Å². The lowest BCUT2D eigenvalue weighted by Crippen LogP contribution is -2.16. The van der Waals surface area contributed by atoms with Crippen LogP contribution in [0.15, 0.2) is 29.2 Å². The van der Waals surface area contributed by atoms with E-state index >= 15 is 0 Å². The number of anilines is 1. The molecule has 2 rings (SSSR count). The van der Waals surface area contributed by atoms with E-state index in [1.807, 2.05) is 0 Å². The van der Waals surface area contributed by atoms with Gasteiger partial charge in [0, 0.05) is 5.56 Å². The largest absolute Gasteiger partial charge is 0.375 e. The van der Waals surface area contributed by atoms with Crippen molar-refractivity contribution in [1.29, 1.82) is 0 Å². The van der Waals surface area contributed by atoms with Crippen LogP contribution in [0.5, 0.6) is 0 Å². The van der Waals surface area contributed by atoms with Crippen molar-refractivity contribution in [3.05, 3.63) is 57.0 Å². The lowest BCUT2D eigenvalue weighted by Gasteiger charge is -2.19. The molecule has 1 aromatic heterocycles. The monoisotopic (exact) mass is 299 g/mol. The molecule has 1 aromatic carbocycles. The van der Waals surface area contributed by atoms with Crippen LogP contribution in [-0.4, -0.2) is 10.2 Å². The van der Waals surface area contributed by atoms with Gasteiger partial charge in [0.25, 0.3) is 5.56 Å². The second-order valence-corrected chi connectivity index (χ2v) is 4.58. The minimum atomic E-state index is -0.550. The molecule has 20 heavy (non-hydrogen) atoms. The third kappa shape index (κ3) is 2.96. The van der Waals surface area contributed by atoms with Gasteiger partial charge in [-0.1, -0.05) is 18.5 Å². The molecule has 0 bridgehead atoms. The lowest BCUT2D eigenvalue weighted by molar-refractivity contribution is 0.567. The highest BCUT2D eigenvalue weighted by Gasteiger charge is 2.17. The van der Waals surface area contributed by atoms with E-state index in [0.717, 1.165) is 18.2 Å². The number of benzene rings is 1. The van der Waals surface area contributed by atoms with Crippen LogP contribution in [-0.2, 0) is 0 Å². The Balaban J connectivity index is 2.36. The Morgan fingerprint density at radius 2 is 2.20 bits per heavy atom. The normalized spacial score (nSPS) is 12.2. The van der Waals surface area contributed by atoms with Crippen LogP contribution in [0.4, 0.5) is 14.5 Å². The molecule has 0 amide bonds. The number of nitrogens with zero attached hydrogens (tertiary/aromatic N) is 1. The lowest BCUT2D eigenvalue weighted by atomic mass is 10.0. The fourth-order valence-electron chi connectivity index (χ4n) is 1.85. The van der Waals surface area contributed by atoms with E-state index in [4.69, 9.17) is 11.6 Å². The highest BCUT2D eigenvalue weighted by Crippen LogP contribution is 2.27. The zero-order valence-electron chi connectivity index (χ0n) is 10.6. The number of hydrogen-bond acceptors (Lipinski definition) is 3. The molecule has 2 N–H and O–H groups in total. The van der Waals surface area contributed by atoms with Gasteiger partial charge in [0.15, 0.2) is 0 Å². The predicted molar refractivity (Wildman–Crippen MR) is 72.9 cm³/mol. The molecule has 0 saturated heterocycles. The summed E-state index contributed by atoms with van der Waals surface area (Å²) in [5, 5.41) is 8.62.